The Hall–Kier alpha value is -3.93. The highest BCUT2D eigenvalue weighted by molar-refractivity contribution is 6.37. The van der Waals surface area contributed by atoms with Crippen molar-refractivity contribution >= 4 is 40.2 Å². The number of aryl methyl sites for hydroxylation is 1. The van der Waals surface area contributed by atoms with Crippen molar-refractivity contribution in [1.82, 2.24) is 19.7 Å². The van der Waals surface area contributed by atoms with Gasteiger partial charge in [-0.3, -0.25) is 14.8 Å². The summed E-state index contributed by atoms with van der Waals surface area (Å²) in [5, 5.41) is 13.8. The lowest BCUT2D eigenvalue weighted by molar-refractivity contribution is 0.483. The molecule has 4 rings (SSSR count). The van der Waals surface area contributed by atoms with Crippen molar-refractivity contribution in [2.45, 2.75) is 6.92 Å². The summed E-state index contributed by atoms with van der Waals surface area (Å²) >= 11 is 12.7. The summed E-state index contributed by atoms with van der Waals surface area (Å²) in [7, 11) is 0. The van der Waals surface area contributed by atoms with Crippen LogP contribution in [0.4, 0.5) is 0 Å². The summed E-state index contributed by atoms with van der Waals surface area (Å²) in [6.45, 7) is 5.74. The largest absolute Gasteiger partial charge is 0.454 e. The molecule has 0 radical (unpaired) electrons. The third-order valence-electron chi connectivity index (χ3n) is 4.54. The molecule has 2 aromatic carbocycles. The fraction of sp³-hybridized carbons (Fsp3) is 0.0455. The van der Waals surface area contributed by atoms with Gasteiger partial charge in [-0.25, -0.2) is 4.79 Å². The number of nitriles is 1. The van der Waals surface area contributed by atoms with Gasteiger partial charge >= 0.3 is 5.69 Å². The van der Waals surface area contributed by atoms with Gasteiger partial charge in [0.1, 0.15) is 11.8 Å². The molecule has 0 aliphatic heterocycles. The summed E-state index contributed by atoms with van der Waals surface area (Å²) in [6.07, 6.45) is 1.74. The van der Waals surface area contributed by atoms with Gasteiger partial charge in [0, 0.05) is 11.1 Å². The van der Waals surface area contributed by atoms with Crippen molar-refractivity contribution in [2.24, 2.45) is 0 Å². The normalized spacial score (nSPS) is 10.7. The SMILES string of the molecule is C=Cc1cc(C)nc2ccc(Oc3c(Cl)cc(-n4nc(C#N)c(=O)[nH]c4=O)cc3Cl)cc12. The van der Waals surface area contributed by atoms with Crippen LogP contribution in [-0.4, -0.2) is 19.7 Å². The number of halogens is 2. The van der Waals surface area contributed by atoms with E-state index in [1.54, 1.807) is 24.3 Å². The maximum atomic E-state index is 12.1. The van der Waals surface area contributed by atoms with Gasteiger partial charge in [-0.1, -0.05) is 35.9 Å². The Morgan fingerprint density at radius 3 is 2.56 bits per heavy atom. The predicted octanol–water partition coefficient (Wildman–Crippen LogP) is 4.39. The van der Waals surface area contributed by atoms with E-state index in [-0.39, 0.29) is 21.5 Å². The molecule has 0 saturated heterocycles. The van der Waals surface area contributed by atoms with Crippen LogP contribution in [0, 0.1) is 18.3 Å². The molecule has 0 spiro atoms. The zero-order chi connectivity index (χ0) is 23.0. The maximum absolute atomic E-state index is 12.1. The summed E-state index contributed by atoms with van der Waals surface area (Å²) in [4.78, 5) is 30.2. The van der Waals surface area contributed by atoms with Crippen LogP contribution < -0.4 is 16.0 Å². The third kappa shape index (κ3) is 3.87. The van der Waals surface area contributed by atoms with E-state index in [0.29, 0.717) is 5.75 Å². The molecule has 0 unspecified atom stereocenters. The Morgan fingerprint density at radius 2 is 1.91 bits per heavy atom. The van der Waals surface area contributed by atoms with E-state index in [9.17, 15) is 9.59 Å². The topological polar surface area (TPSA) is 114 Å². The molecule has 0 fully saturated rings. The Morgan fingerprint density at radius 1 is 1.19 bits per heavy atom. The Kier molecular flexibility index (Phi) is 5.53. The summed E-state index contributed by atoms with van der Waals surface area (Å²) in [6, 6.07) is 11.6. The van der Waals surface area contributed by atoms with E-state index >= 15 is 0 Å². The predicted molar refractivity (Wildman–Crippen MR) is 122 cm³/mol. The van der Waals surface area contributed by atoms with Crippen molar-refractivity contribution in [1.29, 1.82) is 5.26 Å². The van der Waals surface area contributed by atoms with Gasteiger partial charge in [-0.2, -0.15) is 9.94 Å². The lowest BCUT2D eigenvalue weighted by Gasteiger charge is -2.13. The van der Waals surface area contributed by atoms with Crippen LogP contribution in [0.15, 0.2) is 52.6 Å². The highest BCUT2D eigenvalue weighted by Crippen LogP contribution is 2.39. The smallest absolute Gasteiger partial charge is 0.349 e. The number of pyridine rings is 1. The fourth-order valence-electron chi connectivity index (χ4n) is 3.13. The second kappa shape index (κ2) is 8.30. The number of H-pyrrole nitrogens is 1. The number of ether oxygens (including phenoxy) is 1. The first-order valence-electron chi connectivity index (χ1n) is 9.15. The second-order valence-electron chi connectivity index (χ2n) is 6.71. The molecule has 8 nitrogen and oxygen atoms in total. The molecular formula is C22H13Cl2N5O3. The van der Waals surface area contributed by atoms with Crippen LogP contribution in [0.2, 0.25) is 10.0 Å². The Labute approximate surface area is 190 Å². The molecule has 0 aliphatic carbocycles. The van der Waals surface area contributed by atoms with Gasteiger partial charge in [0.25, 0.3) is 5.56 Å². The van der Waals surface area contributed by atoms with Crippen LogP contribution in [-0.2, 0) is 0 Å². The summed E-state index contributed by atoms with van der Waals surface area (Å²) in [5.74, 6) is 0.628. The second-order valence-corrected chi connectivity index (χ2v) is 7.52. The molecule has 2 heterocycles. The lowest BCUT2D eigenvalue weighted by Crippen LogP contribution is -2.33. The number of nitrogens with zero attached hydrogens (tertiary/aromatic N) is 4. The van der Waals surface area contributed by atoms with E-state index in [4.69, 9.17) is 33.2 Å². The van der Waals surface area contributed by atoms with Crippen molar-refractivity contribution in [3.8, 4) is 23.3 Å². The Bertz CT molecular complexity index is 1540. The van der Waals surface area contributed by atoms with Crippen molar-refractivity contribution < 1.29 is 4.74 Å². The van der Waals surface area contributed by atoms with Crippen molar-refractivity contribution in [3.63, 3.8) is 0 Å². The number of hydrogen-bond acceptors (Lipinski definition) is 6. The summed E-state index contributed by atoms with van der Waals surface area (Å²) in [5.41, 5.74) is 0.509. The molecule has 0 aliphatic rings. The van der Waals surface area contributed by atoms with Gasteiger partial charge in [0.2, 0.25) is 5.69 Å². The zero-order valence-electron chi connectivity index (χ0n) is 16.5. The molecule has 158 valence electrons. The number of benzene rings is 2. The number of rotatable bonds is 4. The first kappa shape index (κ1) is 21.3. The lowest BCUT2D eigenvalue weighted by atomic mass is 10.1. The first-order valence-corrected chi connectivity index (χ1v) is 9.91. The molecule has 0 amide bonds. The van der Waals surface area contributed by atoms with Crippen LogP contribution in [0.5, 0.6) is 11.5 Å². The molecular weight excluding hydrogens is 453 g/mol. The highest BCUT2D eigenvalue weighted by atomic mass is 35.5. The number of nitrogens with one attached hydrogen (secondary N) is 1. The standard InChI is InChI=1S/C22H13Cl2N5O3/c1-3-12-6-11(2)26-18-5-4-14(9-15(12)18)32-20-16(23)7-13(8-17(20)24)29-22(31)27-21(30)19(10-25)28-29/h3-9H,1H2,2H3,(H,27,30,31). The molecule has 0 atom stereocenters. The molecule has 1 N–H and O–H groups in total. The maximum Gasteiger partial charge on any atom is 0.349 e. The van der Waals surface area contributed by atoms with E-state index in [0.717, 1.165) is 26.8 Å². The van der Waals surface area contributed by atoms with Crippen LogP contribution in [0.25, 0.3) is 22.7 Å². The van der Waals surface area contributed by atoms with Crippen LogP contribution >= 0.6 is 23.2 Å². The van der Waals surface area contributed by atoms with Gasteiger partial charge in [0.05, 0.1) is 21.2 Å². The third-order valence-corrected chi connectivity index (χ3v) is 5.10. The monoisotopic (exact) mass is 465 g/mol. The average Bonchev–Trinajstić information content (AvgIpc) is 2.75. The molecule has 4 aromatic rings. The number of hydrogen-bond donors (Lipinski definition) is 1. The van der Waals surface area contributed by atoms with E-state index in [1.807, 2.05) is 24.0 Å². The molecule has 2 aromatic heterocycles. The molecule has 32 heavy (non-hydrogen) atoms. The number of fused-ring (bicyclic) bond motifs is 1. The summed E-state index contributed by atoms with van der Waals surface area (Å²) < 4.78 is 6.74. The minimum Gasteiger partial charge on any atom is -0.454 e. The fourth-order valence-corrected chi connectivity index (χ4v) is 3.69. The van der Waals surface area contributed by atoms with Crippen molar-refractivity contribution in [2.75, 3.05) is 0 Å². The number of aromatic amines is 1. The molecule has 0 bridgehead atoms. The quantitative estimate of drug-likeness (QED) is 0.477. The zero-order valence-corrected chi connectivity index (χ0v) is 18.0. The van der Waals surface area contributed by atoms with E-state index in [2.05, 4.69) is 16.7 Å². The van der Waals surface area contributed by atoms with Gasteiger partial charge < -0.3 is 4.74 Å². The first-order chi connectivity index (χ1) is 15.3. The van der Waals surface area contributed by atoms with Crippen molar-refractivity contribution in [3.05, 3.63) is 90.8 Å². The minimum absolute atomic E-state index is 0.0944. The minimum atomic E-state index is -0.884. The number of aromatic nitrogens is 4. The van der Waals surface area contributed by atoms with Gasteiger partial charge in [0.15, 0.2) is 5.75 Å². The molecule has 10 heteroatoms. The van der Waals surface area contributed by atoms with E-state index < -0.39 is 16.9 Å². The van der Waals surface area contributed by atoms with Gasteiger partial charge in [-0.05, 0) is 48.9 Å². The Balaban J connectivity index is 1.76. The van der Waals surface area contributed by atoms with E-state index in [1.165, 1.54) is 12.1 Å². The average molecular weight is 466 g/mol. The molecule has 0 saturated carbocycles. The van der Waals surface area contributed by atoms with Crippen LogP contribution in [0.3, 0.4) is 0 Å². The van der Waals surface area contributed by atoms with Crippen LogP contribution in [0.1, 0.15) is 17.0 Å². The highest BCUT2D eigenvalue weighted by Gasteiger charge is 2.15. The van der Waals surface area contributed by atoms with Gasteiger partial charge in [-0.15, -0.1) is 5.10 Å².